The monoisotopic (exact) mass is 392 g/mol. The molecule has 1 N–H and O–H groups in total. The summed E-state index contributed by atoms with van der Waals surface area (Å²) in [5.74, 6) is 0.457. The van der Waals surface area contributed by atoms with Crippen LogP contribution in [-0.4, -0.2) is 18.4 Å². The molecule has 0 aliphatic carbocycles. The average Bonchev–Trinajstić information content (AvgIpc) is 3.18. The third-order valence-electron chi connectivity index (χ3n) is 4.69. The zero-order valence-corrected chi connectivity index (χ0v) is 16.3. The van der Waals surface area contributed by atoms with Gasteiger partial charge in [-0.25, -0.2) is 0 Å². The second kappa shape index (κ2) is 7.86. The van der Waals surface area contributed by atoms with Crippen molar-refractivity contribution in [3.05, 3.63) is 76.0 Å². The van der Waals surface area contributed by atoms with Gasteiger partial charge in [0.05, 0.1) is 18.7 Å². The van der Waals surface area contributed by atoms with Crippen molar-refractivity contribution in [1.82, 2.24) is 0 Å². The molecule has 0 saturated carbocycles. The number of anilines is 2. The molecule has 0 fully saturated rings. The molecule has 0 spiro atoms. The van der Waals surface area contributed by atoms with Crippen LogP contribution in [0.3, 0.4) is 0 Å². The van der Waals surface area contributed by atoms with E-state index in [1.54, 1.807) is 34.4 Å². The molecule has 4 rings (SSSR count). The highest BCUT2D eigenvalue weighted by molar-refractivity contribution is 7.10. The van der Waals surface area contributed by atoms with Gasteiger partial charge in [-0.1, -0.05) is 30.3 Å². The number of nitrogens with zero attached hydrogens (tertiary/aromatic N) is 1. The number of aryl methyl sites for hydroxylation is 1. The topological polar surface area (TPSA) is 58.6 Å². The van der Waals surface area contributed by atoms with E-state index in [1.807, 2.05) is 48.7 Å². The summed E-state index contributed by atoms with van der Waals surface area (Å²) in [6.45, 7) is 2.51. The first-order valence-corrected chi connectivity index (χ1v) is 9.92. The van der Waals surface area contributed by atoms with Crippen LogP contribution in [0.5, 0.6) is 5.75 Å². The number of benzene rings is 2. The Morgan fingerprint density at radius 2 is 2.04 bits per heavy atom. The largest absolute Gasteiger partial charge is 0.482 e. The molecule has 0 radical (unpaired) electrons. The van der Waals surface area contributed by atoms with Crippen LogP contribution < -0.4 is 15.0 Å². The maximum atomic E-state index is 12.5. The highest BCUT2D eigenvalue weighted by atomic mass is 32.1. The van der Waals surface area contributed by atoms with Gasteiger partial charge in [0.25, 0.3) is 5.91 Å². The van der Waals surface area contributed by atoms with Gasteiger partial charge in [0.15, 0.2) is 6.61 Å². The second-order valence-corrected chi connectivity index (χ2v) is 7.71. The number of carbonyl (C=O) groups excluding carboxylic acids is 2. The Balaban J connectivity index is 1.57. The van der Waals surface area contributed by atoms with Gasteiger partial charge in [-0.2, -0.15) is 0 Å². The van der Waals surface area contributed by atoms with E-state index in [1.165, 1.54) is 0 Å². The smallest absolute Gasteiger partial charge is 0.265 e. The minimum atomic E-state index is -0.0992. The number of ether oxygens (including phenoxy) is 1. The number of hydrogen-bond donors (Lipinski definition) is 1. The number of amides is 2. The van der Waals surface area contributed by atoms with E-state index in [9.17, 15) is 9.59 Å². The molecule has 2 heterocycles. The maximum absolute atomic E-state index is 12.5. The molecule has 0 saturated heterocycles. The Kier molecular flexibility index (Phi) is 5.12. The van der Waals surface area contributed by atoms with Gasteiger partial charge in [-0.3, -0.25) is 9.59 Å². The molecule has 6 heteroatoms. The lowest BCUT2D eigenvalue weighted by Crippen LogP contribution is -2.38. The molecule has 142 valence electrons. The van der Waals surface area contributed by atoms with Crippen molar-refractivity contribution in [1.29, 1.82) is 0 Å². The first-order chi connectivity index (χ1) is 13.6. The lowest BCUT2D eigenvalue weighted by molar-refractivity contribution is -0.121. The van der Waals surface area contributed by atoms with Gasteiger partial charge in [0, 0.05) is 10.6 Å². The highest BCUT2D eigenvalue weighted by Crippen LogP contribution is 2.35. The molecule has 28 heavy (non-hydrogen) atoms. The van der Waals surface area contributed by atoms with Crippen molar-refractivity contribution < 1.29 is 14.3 Å². The Morgan fingerprint density at radius 1 is 1.18 bits per heavy atom. The van der Waals surface area contributed by atoms with Crippen LogP contribution in [0.4, 0.5) is 11.4 Å². The van der Waals surface area contributed by atoms with Crippen molar-refractivity contribution in [3.8, 4) is 5.75 Å². The Bertz CT molecular complexity index is 1010. The van der Waals surface area contributed by atoms with Gasteiger partial charge in [-0.15, -0.1) is 11.3 Å². The molecule has 2 amide bonds. The Hall–Kier alpha value is -3.12. The van der Waals surface area contributed by atoms with E-state index < -0.39 is 0 Å². The highest BCUT2D eigenvalue weighted by Gasteiger charge is 2.26. The van der Waals surface area contributed by atoms with Crippen LogP contribution in [0.1, 0.15) is 16.0 Å². The lowest BCUT2D eigenvalue weighted by atomic mass is 10.1. The summed E-state index contributed by atoms with van der Waals surface area (Å²) in [4.78, 5) is 27.6. The molecule has 0 unspecified atom stereocenters. The first-order valence-electron chi connectivity index (χ1n) is 9.04. The summed E-state index contributed by atoms with van der Waals surface area (Å²) in [6, 6.07) is 17.3. The standard InChI is InChI=1S/C22H20N2O3S/c1-15-5-2-3-6-16(15)13-24-19-11-17(8-9-20(19)27-14-22(24)26)23-21(25)12-18-7-4-10-28-18/h2-11H,12-14H2,1H3,(H,23,25). The van der Waals surface area contributed by atoms with E-state index in [4.69, 9.17) is 4.74 Å². The van der Waals surface area contributed by atoms with Gasteiger partial charge < -0.3 is 15.0 Å². The van der Waals surface area contributed by atoms with Crippen LogP contribution in [0, 0.1) is 6.92 Å². The van der Waals surface area contributed by atoms with Gasteiger partial charge in [0.1, 0.15) is 5.75 Å². The number of hydrogen-bond acceptors (Lipinski definition) is 4. The fourth-order valence-corrected chi connectivity index (χ4v) is 3.89. The molecule has 3 aromatic rings. The summed E-state index contributed by atoms with van der Waals surface area (Å²) >= 11 is 1.55. The van der Waals surface area contributed by atoms with E-state index in [0.29, 0.717) is 30.1 Å². The summed E-state index contributed by atoms with van der Waals surface area (Å²) in [5.41, 5.74) is 3.53. The lowest BCUT2D eigenvalue weighted by Gasteiger charge is -2.30. The SMILES string of the molecule is Cc1ccccc1CN1C(=O)COc2ccc(NC(=O)Cc3cccs3)cc21. The molecular weight excluding hydrogens is 372 g/mol. The summed E-state index contributed by atoms with van der Waals surface area (Å²) in [6.07, 6.45) is 0.330. The van der Waals surface area contributed by atoms with Crippen molar-refractivity contribution in [2.24, 2.45) is 0 Å². The predicted octanol–water partition coefficient (Wildman–Crippen LogP) is 4.16. The molecule has 0 bridgehead atoms. The summed E-state index contributed by atoms with van der Waals surface area (Å²) in [7, 11) is 0. The van der Waals surface area contributed by atoms with Crippen molar-refractivity contribution in [2.45, 2.75) is 19.9 Å². The molecule has 1 aromatic heterocycles. The number of thiophene rings is 1. The van der Waals surface area contributed by atoms with Crippen molar-refractivity contribution in [3.63, 3.8) is 0 Å². The van der Waals surface area contributed by atoms with Crippen LogP contribution in [0.15, 0.2) is 60.0 Å². The predicted molar refractivity (Wildman–Crippen MR) is 111 cm³/mol. The molecule has 0 atom stereocenters. The summed E-state index contributed by atoms with van der Waals surface area (Å²) in [5, 5.41) is 4.87. The minimum Gasteiger partial charge on any atom is -0.482 e. The van der Waals surface area contributed by atoms with E-state index >= 15 is 0 Å². The molecule has 2 aromatic carbocycles. The quantitative estimate of drug-likeness (QED) is 0.709. The van der Waals surface area contributed by atoms with Gasteiger partial charge in [-0.05, 0) is 47.7 Å². The number of carbonyl (C=O) groups is 2. The van der Waals surface area contributed by atoms with Gasteiger partial charge in [0.2, 0.25) is 5.91 Å². The zero-order valence-electron chi connectivity index (χ0n) is 15.5. The van der Waals surface area contributed by atoms with E-state index in [-0.39, 0.29) is 18.4 Å². The number of nitrogens with one attached hydrogen (secondary N) is 1. The Labute approximate surface area is 167 Å². The first kappa shape index (κ1) is 18.3. The second-order valence-electron chi connectivity index (χ2n) is 6.68. The number of rotatable bonds is 5. The van der Waals surface area contributed by atoms with Crippen LogP contribution >= 0.6 is 11.3 Å². The fraction of sp³-hybridized carbons (Fsp3) is 0.182. The molecule has 5 nitrogen and oxygen atoms in total. The van der Waals surface area contributed by atoms with Crippen molar-refractivity contribution in [2.75, 3.05) is 16.8 Å². The normalized spacial score (nSPS) is 13.0. The fourth-order valence-electron chi connectivity index (χ4n) is 3.19. The maximum Gasteiger partial charge on any atom is 0.265 e. The zero-order chi connectivity index (χ0) is 19.5. The van der Waals surface area contributed by atoms with E-state index in [0.717, 1.165) is 16.0 Å². The van der Waals surface area contributed by atoms with Crippen LogP contribution in [-0.2, 0) is 22.6 Å². The number of fused-ring (bicyclic) bond motifs is 1. The van der Waals surface area contributed by atoms with E-state index in [2.05, 4.69) is 5.32 Å². The Morgan fingerprint density at radius 3 is 2.82 bits per heavy atom. The molecule has 1 aliphatic heterocycles. The third kappa shape index (κ3) is 3.92. The van der Waals surface area contributed by atoms with Crippen molar-refractivity contribution >= 4 is 34.5 Å². The van der Waals surface area contributed by atoms with Crippen LogP contribution in [0.25, 0.3) is 0 Å². The molecular formula is C22H20N2O3S. The summed E-state index contributed by atoms with van der Waals surface area (Å²) < 4.78 is 5.58. The minimum absolute atomic E-state index is 0.0168. The van der Waals surface area contributed by atoms with Gasteiger partial charge >= 0.3 is 0 Å². The van der Waals surface area contributed by atoms with Crippen LogP contribution in [0.2, 0.25) is 0 Å². The third-order valence-corrected chi connectivity index (χ3v) is 5.57. The average molecular weight is 392 g/mol. The molecule has 1 aliphatic rings.